The lowest BCUT2D eigenvalue weighted by Gasteiger charge is -1.88. The molecule has 2 aromatic rings. The van der Waals surface area contributed by atoms with E-state index in [4.69, 9.17) is 0 Å². The molecule has 0 atom stereocenters. The predicted octanol–water partition coefficient (Wildman–Crippen LogP) is 2.44. The molecule has 2 nitrogen and oxygen atoms in total. The Bertz CT molecular complexity index is 327. The molecule has 12 heavy (non-hydrogen) atoms. The molecule has 0 radical (unpaired) electrons. The van der Waals surface area contributed by atoms with E-state index < -0.39 is 0 Å². The first-order valence-corrected chi connectivity index (χ1v) is 5.02. The predicted molar refractivity (Wildman–Crippen MR) is 49.9 cm³/mol. The maximum Gasteiger partial charge on any atom is 0.214 e. The molecule has 2 heterocycles. The lowest BCUT2D eigenvalue weighted by atomic mass is 10.3. The lowest BCUT2D eigenvalue weighted by Crippen LogP contribution is -1.93. The fraction of sp³-hybridized carbons (Fsp3) is 0. The summed E-state index contributed by atoms with van der Waals surface area (Å²) in [6, 6.07) is 5.44. The van der Waals surface area contributed by atoms with Gasteiger partial charge in [-0.15, -0.1) is 11.3 Å². The minimum atomic E-state index is 0.0764. The average Bonchev–Trinajstić information content (AvgIpc) is 2.77. The number of aromatic nitrogens is 1. The summed E-state index contributed by atoms with van der Waals surface area (Å²) in [5, 5.41) is 1.90. The molecule has 0 N–H and O–H groups in total. The van der Waals surface area contributed by atoms with Gasteiger partial charge in [0.05, 0.1) is 9.75 Å². The third-order valence-electron chi connectivity index (χ3n) is 1.41. The Kier molecular flexibility index (Phi) is 2.01. The average molecular weight is 195 g/mol. The van der Waals surface area contributed by atoms with Gasteiger partial charge in [0.2, 0.25) is 5.78 Å². The molecule has 0 aliphatic rings. The van der Waals surface area contributed by atoms with E-state index in [1.165, 1.54) is 22.9 Å². The fourth-order valence-corrected chi connectivity index (χ4v) is 2.15. The van der Waals surface area contributed by atoms with Crippen molar-refractivity contribution in [1.82, 2.24) is 4.37 Å². The smallest absolute Gasteiger partial charge is 0.214 e. The van der Waals surface area contributed by atoms with E-state index in [-0.39, 0.29) is 5.78 Å². The van der Waals surface area contributed by atoms with Gasteiger partial charge in [0.15, 0.2) is 0 Å². The van der Waals surface area contributed by atoms with Gasteiger partial charge in [0, 0.05) is 6.20 Å². The number of hydrogen-bond acceptors (Lipinski definition) is 4. The highest BCUT2D eigenvalue weighted by molar-refractivity contribution is 7.14. The van der Waals surface area contributed by atoms with Crippen LogP contribution in [0.15, 0.2) is 29.8 Å². The van der Waals surface area contributed by atoms with Crippen LogP contribution in [-0.2, 0) is 0 Å². The number of thiophene rings is 1. The molecule has 0 aliphatic carbocycles. The molecule has 0 unspecified atom stereocenters. The molecule has 0 saturated carbocycles. The van der Waals surface area contributed by atoms with E-state index in [0.717, 1.165) is 4.88 Å². The van der Waals surface area contributed by atoms with Crippen molar-refractivity contribution in [2.45, 2.75) is 0 Å². The van der Waals surface area contributed by atoms with E-state index in [1.54, 1.807) is 12.3 Å². The van der Waals surface area contributed by atoms with Crippen LogP contribution in [0.4, 0.5) is 0 Å². The van der Waals surface area contributed by atoms with Crippen molar-refractivity contribution in [2.24, 2.45) is 0 Å². The summed E-state index contributed by atoms with van der Waals surface area (Å²) in [4.78, 5) is 13.0. The minimum absolute atomic E-state index is 0.0764. The van der Waals surface area contributed by atoms with Gasteiger partial charge in [-0.1, -0.05) is 6.07 Å². The first-order valence-electron chi connectivity index (χ1n) is 3.37. The zero-order valence-electron chi connectivity index (χ0n) is 6.06. The molecule has 4 heteroatoms. The number of carbonyl (C=O) groups is 1. The van der Waals surface area contributed by atoms with Crippen LogP contribution in [0.5, 0.6) is 0 Å². The third kappa shape index (κ3) is 1.31. The Labute approximate surface area is 77.7 Å². The number of nitrogens with zero attached hydrogens (tertiary/aromatic N) is 1. The van der Waals surface area contributed by atoms with Crippen LogP contribution in [-0.4, -0.2) is 10.2 Å². The molecule has 0 aliphatic heterocycles. The molecule has 60 valence electrons. The summed E-state index contributed by atoms with van der Waals surface area (Å²) in [6.07, 6.45) is 1.64. The maximum atomic E-state index is 11.5. The van der Waals surface area contributed by atoms with Crippen molar-refractivity contribution >= 4 is 28.7 Å². The highest BCUT2D eigenvalue weighted by Gasteiger charge is 2.10. The second kappa shape index (κ2) is 3.16. The second-order valence-electron chi connectivity index (χ2n) is 2.18. The van der Waals surface area contributed by atoms with Crippen LogP contribution >= 0.6 is 22.9 Å². The van der Waals surface area contributed by atoms with Crippen LogP contribution < -0.4 is 0 Å². The minimum Gasteiger partial charge on any atom is -0.287 e. The standard InChI is InChI=1S/C8H5NOS2/c10-8(6-2-1-5-11-6)7-3-4-9-12-7/h1-5H. The molecule has 0 spiro atoms. The van der Waals surface area contributed by atoms with Gasteiger partial charge < -0.3 is 0 Å². The molecular weight excluding hydrogens is 190 g/mol. The van der Waals surface area contributed by atoms with Crippen LogP contribution in [0.3, 0.4) is 0 Å². The van der Waals surface area contributed by atoms with E-state index in [0.29, 0.717) is 4.88 Å². The maximum absolute atomic E-state index is 11.5. The SMILES string of the molecule is O=C(c1cccs1)c1ccns1. The Morgan fingerprint density at radius 3 is 2.83 bits per heavy atom. The van der Waals surface area contributed by atoms with E-state index in [2.05, 4.69) is 4.37 Å². The summed E-state index contributed by atoms with van der Waals surface area (Å²) in [7, 11) is 0. The molecule has 0 saturated heterocycles. The Morgan fingerprint density at radius 1 is 1.33 bits per heavy atom. The molecule has 2 rings (SSSR count). The Morgan fingerprint density at radius 2 is 2.25 bits per heavy atom. The van der Waals surface area contributed by atoms with Crippen molar-refractivity contribution in [3.8, 4) is 0 Å². The van der Waals surface area contributed by atoms with Gasteiger partial charge >= 0.3 is 0 Å². The molecule has 0 fully saturated rings. The topological polar surface area (TPSA) is 30.0 Å². The third-order valence-corrected chi connectivity index (χ3v) is 3.02. The summed E-state index contributed by atoms with van der Waals surface area (Å²) in [5.74, 6) is 0.0764. The first-order chi connectivity index (χ1) is 5.88. The zero-order chi connectivity index (χ0) is 8.39. The molecular formula is C8H5NOS2. The molecule has 2 aromatic heterocycles. The number of ketones is 1. The highest BCUT2D eigenvalue weighted by atomic mass is 32.1. The van der Waals surface area contributed by atoms with Crippen molar-refractivity contribution < 1.29 is 4.79 Å². The monoisotopic (exact) mass is 195 g/mol. The van der Waals surface area contributed by atoms with Crippen LogP contribution in [0.25, 0.3) is 0 Å². The van der Waals surface area contributed by atoms with Crippen molar-refractivity contribution in [3.63, 3.8) is 0 Å². The quantitative estimate of drug-likeness (QED) is 0.689. The summed E-state index contributed by atoms with van der Waals surface area (Å²) >= 11 is 2.69. The van der Waals surface area contributed by atoms with Crippen molar-refractivity contribution in [3.05, 3.63) is 39.5 Å². The first kappa shape index (κ1) is 7.64. The van der Waals surface area contributed by atoms with Gasteiger partial charge in [0.1, 0.15) is 0 Å². The molecule has 0 amide bonds. The highest BCUT2D eigenvalue weighted by Crippen LogP contribution is 2.16. The van der Waals surface area contributed by atoms with Crippen LogP contribution in [0.1, 0.15) is 14.5 Å². The summed E-state index contributed by atoms with van der Waals surface area (Å²) in [5.41, 5.74) is 0. The fourth-order valence-electron chi connectivity index (χ4n) is 0.862. The van der Waals surface area contributed by atoms with Crippen molar-refractivity contribution in [1.29, 1.82) is 0 Å². The number of rotatable bonds is 2. The Balaban J connectivity index is 2.34. The van der Waals surface area contributed by atoms with Gasteiger partial charge in [-0.3, -0.25) is 4.79 Å². The van der Waals surface area contributed by atoms with Crippen LogP contribution in [0.2, 0.25) is 0 Å². The van der Waals surface area contributed by atoms with Gasteiger partial charge in [-0.25, -0.2) is 4.37 Å². The normalized spacial score (nSPS) is 10.0. The number of hydrogen-bond donors (Lipinski definition) is 0. The lowest BCUT2D eigenvalue weighted by molar-refractivity contribution is 0.104. The Hall–Kier alpha value is -1.00. The molecule has 0 aromatic carbocycles. The number of carbonyl (C=O) groups excluding carboxylic acids is 1. The second-order valence-corrected chi connectivity index (χ2v) is 3.96. The van der Waals surface area contributed by atoms with Gasteiger partial charge in [-0.05, 0) is 29.0 Å². The van der Waals surface area contributed by atoms with Gasteiger partial charge in [0.25, 0.3) is 0 Å². The molecule has 0 bridgehead atoms. The van der Waals surface area contributed by atoms with E-state index in [9.17, 15) is 4.79 Å². The summed E-state index contributed by atoms with van der Waals surface area (Å²) < 4.78 is 3.88. The van der Waals surface area contributed by atoms with Crippen LogP contribution in [0, 0.1) is 0 Å². The van der Waals surface area contributed by atoms with Gasteiger partial charge in [-0.2, -0.15) is 0 Å². The largest absolute Gasteiger partial charge is 0.287 e. The van der Waals surface area contributed by atoms with E-state index in [1.807, 2.05) is 17.5 Å². The van der Waals surface area contributed by atoms with E-state index >= 15 is 0 Å². The zero-order valence-corrected chi connectivity index (χ0v) is 7.69. The van der Waals surface area contributed by atoms with Crippen molar-refractivity contribution in [2.75, 3.05) is 0 Å². The summed E-state index contributed by atoms with van der Waals surface area (Å²) in [6.45, 7) is 0.